The number of para-hydroxylation sites is 1. The van der Waals surface area contributed by atoms with Crippen molar-refractivity contribution in [2.75, 3.05) is 24.6 Å². The Labute approximate surface area is 435 Å². The van der Waals surface area contributed by atoms with Crippen molar-refractivity contribution < 1.29 is 43.2 Å². The number of carbonyl (C=O) groups excluding carboxylic acids is 9. The van der Waals surface area contributed by atoms with E-state index < -0.39 is 102 Å². The Bertz CT molecular complexity index is 2590. The second-order valence-electron chi connectivity index (χ2n) is 17.5. The largest absolute Gasteiger partial charge is 0.370 e. The van der Waals surface area contributed by atoms with Gasteiger partial charge in [0.25, 0.3) is 0 Å². The van der Waals surface area contributed by atoms with Gasteiger partial charge >= 0.3 is 0 Å². The summed E-state index contributed by atoms with van der Waals surface area (Å²) in [5, 5.41) is 22.1. The number of nitrogens with one attached hydrogen (secondary N) is 10. The SMILES string of the molecule is CCCC[C@H](NC(C)=O)C(=O)N[C@H]1CSSC[C@@H](C(N)=O)NC(=O)[C@H](Cc2c[nH]c3ccccc23)NC(=O)[C@H](CCCN=C(N)N)NC(=O)[C@@H](Cc2ccccc2)NC(=O)[C@H](Cc2cnc[nH]2)NC(=O)CNC1=O. The van der Waals surface area contributed by atoms with Crippen molar-refractivity contribution in [1.29, 1.82) is 0 Å². The maximum Gasteiger partial charge on any atom is 0.243 e. The van der Waals surface area contributed by atoms with E-state index in [1.54, 1.807) is 36.5 Å². The molecule has 16 N–H and O–H groups in total. The molecule has 0 saturated carbocycles. The number of imidazole rings is 1. The van der Waals surface area contributed by atoms with E-state index in [1.807, 2.05) is 31.2 Å². The Kier molecular flexibility index (Phi) is 22.6. The van der Waals surface area contributed by atoms with Crippen LogP contribution in [0.5, 0.6) is 0 Å². The lowest BCUT2D eigenvalue weighted by Crippen LogP contribution is -2.60. The first-order valence-electron chi connectivity index (χ1n) is 24.0. The van der Waals surface area contributed by atoms with Crippen LogP contribution in [0.4, 0.5) is 0 Å². The molecule has 26 heteroatoms. The molecule has 0 unspecified atom stereocenters. The molecule has 24 nitrogen and oxygen atoms in total. The molecule has 1 aliphatic rings. The van der Waals surface area contributed by atoms with Crippen LogP contribution in [0.15, 0.2) is 78.3 Å². The molecule has 0 bridgehead atoms. The highest BCUT2D eigenvalue weighted by Crippen LogP contribution is 2.24. The fraction of sp³-hybridized carbons (Fsp3) is 0.438. The van der Waals surface area contributed by atoms with Crippen molar-refractivity contribution in [3.05, 3.63) is 90.1 Å². The third-order valence-corrected chi connectivity index (χ3v) is 14.1. The highest BCUT2D eigenvalue weighted by Gasteiger charge is 2.34. The van der Waals surface area contributed by atoms with Crippen LogP contribution in [-0.2, 0) is 62.4 Å². The lowest BCUT2D eigenvalue weighted by Gasteiger charge is -2.27. The summed E-state index contributed by atoms with van der Waals surface area (Å²) in [6.45, 7) is 2.58. The zero-order valence-corrected chi connectivity index (χ0v) is 42.7. The standard InChI is InChI=1S/C48H65N15O9S2/c1-3-4-14-33(57-27(2)64)43(68)63-39-25-74-73-24-38(41(49)66)62-46(71)36(19-29-21-54-32-15-9-8-13-31(29)32)61-44(69)34(16-10-17-53-48(50)51)59-45(70)35(18-28-11-6-5-7-12-28)60-47(72)37(20-30-22-52-26-56-30)58-40(65)23-55-42(39)67/h5-9,11-13,15,21-22,26,33-39,54H,3-4,10,14,16-20,23-25H2,1-2H3,(H2,49,66)(H,52,56)(H,55,67)(H,57,64)(H,58,65)(H,59,70)(H,60,72)(H,61,69)(H,62,71)(H,63,68)(H4,50,51,53)/t33-,34-,35+,36-,37-,38-,39-/m0/s1. The maximum atomic E-state index is 14.6. The number of aromatic nitrogens is 3. The molecule has 4 aromatic rings. The van der Waals surface area contributed by atoms with E-state index in [-0.39, 0.29) is 62.5 Å². The summed E-state index contributed by atoms with van der Waals surface area (Å²) < 4.78 is 0. The number of primary amides is 1. The normalized spacial score (nSPS) is 21.3. The van der Waals surface area contributed by atoms with Gasteiger partial charge in [-0.15, -0.1) is 0 Å². The predicted molar refractivity (Wildman–Crippen MR) is 280 cm³/mol. The van der Waals surface area contributed by atoms with Crippen LogP contribution in [0.1, 0.15) is 62.8 Å². The van der Waals surface area contributed by atoms with E-state index in [0.717, 1.165) is 32.5 Å². The highest BCUT2D eigenvalue weighted by atomic mass is 33.1. The Morgan fingerprint density at radius 3 is 2.08 bits per heavy atom. The van der Waals surface area contributed by atoms with Gasteiger partial charge in [0, 0.05) is 73.2 Å². The monoisotopic (exact) mass is 1060 g/mol. The minimum atomic E-state index is -1.36. The summed E-state index contributed by atoms with van der Waals surface area (Å²) in [6, 6.07) is 7.00. The third-order valence-electron chi connectivity index (χ3n) is 11.7. The summed E-state index contributed by atoms with van der Waals surface area (Å²) in [4.78, 5) is 138. The number of fused-ring (bicyclic) bond motifs is 1. The van der Waals surface area contributed by atoms with E-state index in [4.69, 9.17) is 17.2 Å². The minimum absolute atomic E-state index is 0.0438. The molecule has 7 atom stereocenters. The number of benzene rings is 2. The van der Waals surface area contributed by atoms with Crippen LogP contribution >= 0.6 is 21.6 Å². The molecule has 74 heavy (non-hydrogen) atoms. The van der Waals surface area contributed by atoms with E-state index in [0.29, 0.717) is 29.7 Å². The number of aromatic amines is 2. The van der Waals surface area contributed by atoms with Crippen molar-refractivity contribution in [2.45, 2.75) is 108 Å². The van der Waals surface area contributed by atoms with E-state index in [2.05, 4.69) is 62.5 Å². The first kappa shape index (κ1) is 57.3. The molecule has 1 fully saturated rings. The highest BCUT2D eigenvalue weighted by molar-refractivity contribution is 8.76. The van der Waals surface area contributed by atoms with Crippen molar-refractivity contribution >= 4 is 91.6 Å². The van der Waals surface area contributed by atoms with Crippen LogP contribution < -0.4 is 59.7 Å². The number of nitrogens with zero attached hydrogens (tertiary/aromatic N) is 2. The van der Waals surface area contributed by atoms with E-state index in [1.165, 1.54) is 19.4 Å². The lowest BCUT2D eigenvalue weighted by atomic mass is 10.0. The Morgan fingerprint density at radius 2 is 1.41 bits per heavy atom. The first-order valence-corrected chi connectivity index (χ1v) is 26.5. The summed E-state index contributed by atoms with van der Waals surface area (Å²) in [6.07, 6.45) is 5.91. The van der Waals surface area contributed by atoms with Gasteiger partial charge in [-0.3, -0.25) is 48.1 Å². The zero-order valence-electron chi connectivity index (χ0n) is 41.1. The molecule has 0 radical (unpaired) electrons. The van der Waals surface area contributed by atoms with E-state index >= 15 is 0 Å². The maximum absolute atomic E-state index is 14.6. The number of amides is 9. The van der Waals surface area contributed by atoms with Crippen molar-refractivity contribution in [3.63, 3.8) is 0 Å². The molecular formula is C48H65N15O9S2. The summed E-state index contributed by atoms with van der Waals surface area (Å²) in [5.74, 6) is -7.32. The number of nitrogens with two attached hydrogens (primary N) is 3. The number of hydrogen-bond acceptors (Lipinski definition) is 13. The second kappa shape index (κ2) is 29.2. The van der Waals surface area contributed by atoms with Gasteiger partial charge in [0.2, 0.25) is 53.2 Å². The molecule has 2 aromatic carbocycles. The number of H-pyrrole nitrogens is 2. The summed E-state index contributed by atoms with van der Waals surface area (Å²) in [7, 11) is 2.09. The van der Waals surface area contributed by atoms with Gasteiger partial charge in [-0.1, -0.05) is 89.9 Å². The smallest absolute Gasteiger partial charge is 0.243 e. The van der Waals surface area contributed by atoms with Crippen LogP contribution in [-0.4, -0.2) is 141 Å². The quantitative estimate of drug-likeness (QED) is 0.0250. The number of guanidine groups is 1. The number of carbonyl (C=O) groups is 9. The molecule has 0 aliphatic carbocycles. The molecule has 1 aliphatic heterocycles. The predicted octanol–water partition coefficient (Wildman–Crippen LogP) is -1.43. The van der Waals surface area contributed by atoms with Crippen LogP contribution in [0.3, 0.4) is 0 Å². The third kappa shape index (κ3) is 18.5. The molecule has 398 valence electrons. The Balaban J connectivity index is 1.54. The number of unbranched alkanes of at least 4 members (excludes halogenated alkanes) is 1. The van der Waals surface area contributed by atoms with Gasteiger partial charge in [0.15, 0.2) is 5.96 Å². The number of rotatable bonds is 17. The van der Waals surface area contributed by atoms with Crippen LogP contribution in [0.25, 0.3) is 10.9 Å². The average Bonchev–Trinajstić information content (AvgIpc) is 4.05. The Hall–Kier alpha value is -7.61. The molecule has 0 spiro atoms. The van der Waals surface area contributed by atoms with Gasteiger partial charge < -0.3 is 69.7 Å². The molecule has 2 aromatic heterocycles. The van der Waals surface area contributed by atoms with Crippen LogP contribution in [0.2, 0.25) is 0 Å². The zero-order chi connectivity index (χ0) is 53.6. The number of hydrogen-bond donors (Lipinski definition) is 13. The van der Waals surface area contributed by atoms with Gasteiger partial charge in [0.1, 0.15) is 42.3 Å². The average molecular weight is 1060 g/mol. The number of aliphatic imine (C=N–C) groups is 1. The molecule has 3 heterocycles. The molecule has 9 amide bonds. The van der Waals surface area contributed by atoms with Crippen molar-refractivity contribution in [2.24, 2.45) is 22.2 Å². The molecular weight excluding hydrogens is 995 g/mol. The van der Waals surface area contributed by atoms with Crippen LogP contribution in [0, 0.1) is 0 Å². The van der Waals surface area contributed by atoms with Crippen molar-refractivity contribution in [1.82, 2.24) is 57.5 Å². The van der Waals surface area contributed by atoms with Gasteiger partial charge in [0.05, 0.1) is 12.9 Å². The minimum Gasteiger partial charge on any atom is -0.370 e. The Morgan fingerprint density at radius 1 is 0.757 bits per heavy atom. The fourth-order valence-electron chi connectivity index (χ4n) is 7.82. The second-order valence-corrected chi connectivity index (χ2v) is 20.0. The van der Waals surface area contributed by atoms with Crippen molar-refractivity contribution in [3.8, 4) is 0 Å². The summed E-state index contributed by atoms with van der Waals surface area (Å²) >= 11 is 0. The lowest BCUT2D eigenvalue weighted by molar-refractivity contribution is -0.135. The van der Waals surface area contributed by atoms with Gasteiger partial charge in [-0.05, 0) is 36.5 Å². The molecule has 5 rings (SSSR count). The summed E-state index contributed by atoms with van der Waals surface area (Å²) in [5.41, 5.74) is 19.4. The van der Waals surface area contributed by atoms with Gasteiger partial charge in [-0.25, -0.2) is 4.98 Å². The first-order chi connectivity index (χ1) is 35.5. The topological polar surface area (TPSA) is 385 Å². The van der Waals surface area contributed by atoms with E-state index in [9.17, 15) is 43.2 Å². The van der Waals surface area contributed by atoms with Gasteiger partial charge in [-0.2, -0.15) is 0 Å². The fourth-order valence-corrected chi connectivity index (χ4v) is 10.2. The molecule has 1 saturated heterocycles.